The number of carbonyl (C=O) groups is 1. The van der Waals surface area contributed by atoms with Crippen molar-refractivity contribution in [1.82, 2.24) is 5.32 Å². The second kappa shape index (κ2) is 8.11. The van der Waals surface area contributed by atoms with Crippen molar-refractivity contribution in [1.29, 1.82) is 0 Å². The van der Waals surface area contributed by atoms with E-state index < -0.39 is 0 Å². The number of aliphatic hydroxyl groups excluding tert-OH is 1. The molecule has 0 aliphatic heterocycles. The van der Waals surface area contributed by atoms with E-state index >= 15 is 0 Å². The molecule has 0 aliphatic rings. The van der Waals surface area contributed by atoms with Gasteiger partial charge in [-0.05, 0) is 39.2 Å². The first kappa shape index (κ1) is 17.6. The number of nitrogens with one attached hydrogen (secondary N) is 1. The summed E-state index contributed by atoms with van der Waals surface area (Å²) in [5.41, 5.74) is 2.32. The second-order valence-electron chi connectivity index (χ2n) is 5.47. The normalized spacial score (nSPS) is 10.7. The van der Waals surface area contributed by atoms with Gasteiger partial charge in [-0.15, -0.1) is 0 Å². The molecular weight excluding hydrogens is 282 g/mol. The summed E-state index contributed by atoms with van der Waals surface area (Å²) in [7, 11) is 0. The number of carbonyl (C=O) groups excluding carboxylic acids is 1. The van der Waals surface area contributed by atoms with Gasteiger partial charge in [0.25, 0.3) is 5.91 Å². The van der Waals surface area contributed by atoms with E-state index in [1.165, 1.54) is 0 Å². The number of rotatable bonds is 5. The summed E-state index contributed by atoms with van der Waals surface area (Å²) >= 11 is 1.72. The quantitative estimate of drug-likeness (QED) is 0.822. The van der Waals surface area contributed by atoms with Crippen LogP contribution in [-0.4, -0.2) is 35.2 Å². The van der Waals surface area contributed by atoms with Crippen LogP contribution in [0.2, 0.25) is 0 Å². The lowest BCUT2D eigenvalue weighted by atomic mass is 10.0. The molecule has 0 atom stereocenters. The zero-order valence-corrected chi connectivity index (χ0v) is 13.9. The summed E-state index contributed by atoms with van der Waals surface area (Å²) in [5, 5.41) is 11.8. The van der Waals surface area contributed by atoms with Gasteiger partial charge in [-0.1, -0.05) is 23.5 Å². The number of thioether (sulfide) groups is 1. The molecule has 0 radical (unpaired) electrons. The average Bonchev–Trinajstić information content (AvgIpc) is 2.46. The van der Waals surface area contributed by atoms with Gasteiger partial charge in [-0.3, -0.25) is 4.79 Å². The van der Waals surface area contributed by atoms with Crippen molar-refractivity contribution in [3.8, 4) is 11.8 Å². The van der Waals surface area contributed by atoms with Crippen molar-refractivity contribution in [2.45, 2.75) is 31.9 Å². The molecule has 0 heterocycles. The van der Waals surface area contributed by atoms with Crippen LogP contribution in [0.15, 0.2) is 18.2 Å². The third-order valence-electron chi connectivity index (χ3n) is 3.11. The summed E-state index contributed by atoms with van der Waals surface area (Å²) in [5.74, 6) is 5.72. The van der Waals surface area contributed by atoms with Crippen LogP contribution >= 0.6 is 11.8 Å². The summed E-state index contributed by atoms with van der Waals surface area (Å²) < 4.78 is 0.00220. The average molecular weight is 305 g/mol. The number of benzene rings is 1. The molecule has 0 aromatic heterocycles. The maximum atomic E-state index is 12.4. The zero-order chi connectivity index (χ0) is 15.9. The van der Waals surface area contributed by atoms with Crippen molar-refractivity contribution >= 4 is 17.7 Å². The minimum atomic E-state index is -0.103. The number of amides is 1. The third kappa shape index (κ3) is 5.82. The Morgan fingerprint density at radius 2 is 2.14 bits per heavy atom. The van der Waals surface area contributed by atoms with E-state index in [4.69, 9.17) is 5.11 Å². The van der Waals surface area contributed by atoms with Gasteiger partial charge in [0.15, 0.2) is 0 Å². The summed E-state index contributed by atoms with van der Waals surface area (Å²) in [6.45, 7) is 6.77. The molecule has 4 heteroatoms. The first-order valence-corrected chi connectivity index (χ1v) is 8.16. The fourth-order valence-corrected chi connectivity index (χ4v) is 1.85. The molecule has 2 N–H and O–H groups in total. The molecule has 0 aliphatic carbocycles. The standard InChI is InChI=1S/C17H23NO2S/c1-13-8-9-14(7-5-6-10-19)15(11-13)16(20)18-12-17(2,3)21-4/h8-9,11,19H,6,10,12H2,1-4H3,(H,18,20). The van der Waals surface area contributed by atoms with Gasteiger partial charge >= 0.3 is 0 Å². The Morgan fingerprint density at radius 3 is 2.76 bits per heavy atom. The third-order valence-corrected chi connectivity index (χ3v) is 4.36. The predicted molar refractivity (Wildman–Crippen MR) is 89.7 cm³/mol. The van der Waals surface area contributed by atoms with E-state index in [9.17, 15) is 4.79 Å². The number of hydrogen-bond acceptors (Lipinski definition) is 3. The van der Waals surface area contributed by atoms with Crippen LogP contribution in [0.3, 0.4) is 0 Å². The maximum absolute atomic E-state index is 12.4. The Hall–Kier alpha value is -1.44. The van der Waals surface area contributed by atoms with E-state index in [1.54, 1.807) is 11.8 Å². The molecule has 0 saturated heterocycles. The number of hydrogen-bond donors (Lipinski definition) is 2. The highest BCUT2D eigenvalue weighted by atomic mass is 32.2. The van der Waals surface area contributed by atoms with Crippen LogP contribution in [0.5, 0.6) is 0 Å². The predicted octanol–water partition coefficient (Wildman–Crippen LogP) is 2.60. The molecule has 21 heavy (non-hydrogen) atoms. The zero-order valence-electron chi connectivity index (χ0n) is 13.1. The molecule has 1 aromatic carbocycles. The van der Waals surface area contributed by atoms with E-state index in [1.807, 2.05) is 31.4 Å². The van der Waals surface area contributed by atoms with Crippen LogP contribution in [-0.2, 0) is 0 Å². The Balaban J connectivity index is 2.92. The van der Waals surface area contributed by atoms with E-state index in [-0.39, 0.29) is 17.3 Å². The highest BCUT2D eigenvalue weighted by Crippen LogP contribution is 2.20. The lowest BCUT2D eigenvalue weighted by molar-refractivity contribution is 0.0950. The molecule has 0 saturated carbocycles. The van der Waals surface area contributed by atoms with Gasteiger partial charge in [-0.2, -0.15) is 11.8 Å². The Labute approximate surface area is 131 Å². The summed E-state index contributed by atoms with van der Waals surface area (Å²) in [6, 6.07) is 5.64. The Bertz CT molecular complexity index is 556. The van der Waals surface area contributed by atoms with Crippen LogP contribution in [0, 0.1) is 18.8 Å². The van der Waals surface area contributed by atoms with Crippen LogP contribution in [0.4, 0.5) is 0 Å². The molecule has 1 rings (SSSR count). The molecule has 0 unspecified atom stereocenters. The SMILES string of the molecule is CSC(C)(C)CNC(=O)c1cc(C)ccc1C#CCCO. The molecule has 1 aromatic rings. The van der Waals surface area contributed by atoms with Gasteiger partial charge in [-0.25, -0.2) is 0 Å². The summed E-state index contributed by atoms with van der Waals surface area (Å²) in [6.07, 6.45) is 2.44. The molecule has 0 fully saturated rings. The van der Waals surface area contributed by atoms with E-state index in [0.29, 0.717) is 24.1 Å². The van der Waals surface area contributed by atoms with Gasteiger partial charge < -0.3 is 10.4 Å². The molecule has 114 valence electrons. The fourth-order valence-electron chi connectivity index (χ4n) is 1.63. The van der Waals surface area contributed by atoms with Crippen molar-refractivity contribution in [3.63, 3.8) is 0 Å². The van der Waals surface area contributed by atoms with Gasteiger partial charge in [0.2, 0.25) is 0 Å². The second-order valence-corrected chi connectivity index (χ2v) is 6.98. The Morgan fingerprint density at radius 1 is 1.43 bits per heavy atom. The molecule has 1 amide bonds. The van der Waals surface area contributed by atoms with Crippen molar-refractivity contribution in [2.75, 3.05) is 19.4 Å². The van der Waals surface area contributed by atoms with Gasteiger partial charge in [0.05, 0.1) is 12.2 Å². The minimum Gasteiger partial charge on any atom is -0.395 e. The monoisotopic (exact) mass is 305 g/mol. The smallest absolute Gasteiger partial charge is 0.252 e. The van der Waals surface area contributed by atoms with Gasteiger partial charge in [0.1, 0.15) is 0 Å². The maximum Gasteiger partial charge on any atom is 0.252 e. The topological polar surface area (TPSA) is 49.3 Å². The molecule has 3 nitrogen and oxygen atoms in total. The minimum absolute atomic E-state index is 0.00220. The van der Waals surface area contributed by atoms with E-state index in [0.717, 1.165) is 5.56 Å². The van der Waals surface area contributed by atoms with Crippen molar-refractivity contribution in [2.24, 2.45) is 0 Å². The van der Waals surface area contributed by atoms with Crippen molar-refractivity contribution in [3.05, 3.63) is 34.9 Å². The molecule has 0 bridgehead atoms. The molecular formula is C17H23NO2S. The van der Waals surface area contributed by atoms with Crippen LogP contribution in [0.1, 0.15) is 41.8 Å². The highest BCUT2D eigenvalue weighted by Gasteiger charge is 2.18. The van der Waals surface area contributed by atoms with Crippen molar-refractivity contribution < 1.29 is 9.90 Å². The number of aryl methyl sites for hydroxylation is 1. The van der Waals surface area contributed by atoms with Crippen LogP contribution in [0.25, 0.3) is 0 Å². The lowest BCUT2D eigenvalue weighted by Crippen LogP contribution is -2.36. The van der Waals surface area contributed by atoms with Gasteiger partial charge in [0, 0.05) is 23.3 Å². The largest absolute Gasteiger partial charge is 0.395 e. The summed E-state index contributed by atoms with van der Waals surface area (Å²) in [4.78, 5) is 12.4. The van der Waals surface area contributed by atoms with E-state index in [2.05, 4.69) is 31.0 Å². The Kier molecular flexibility index (Phi) is 6.80. The first-order valence-electron chi connectivity index (χ1n) is 6.93. The fraction of sp³-hybridized carbons (Fsp3) is 0.471. The highest BCUT2D eigenvalue weighted by molar-refractivity contribution is 7.99. The van der Waals surface area contributed by atoms with Crippen LogP contribution < -0.4 is 5.32 Å². The molecule has 0 spiro atoms. The lowest BCUT2D eigenvalue weighted by Gasteiger charge is -2.22. The number of aliphatic hydroxyl groups is 1. The first-order chi connectivity index (χ1) is 9.89.